The molecule has 1 aromatic heterocycles. The first-order valence-corrected chi connectivity index (χ1v) is 19.3. The number of hydrogen-bond acceptors (Lipinski definition) is 9. The standard InChI is InChI=1S/C38H57N7O7/c1-5-11-26(31(46)36(50)41-25-16-19-52-22-25)42-34(48)29-20-24-14-9-10-15-28(24)45(29)37(51)32(38(2,3)4)44-35(49)30(23-12-7-6-8-13-23)43-33(47)27-21-39-17-18-40-27/h17-18,21,23-26,28-30,32H,5-16,19-20,22H2,1-4H3,(H,41,50)(H,42,48)(H,43,47)(H,44,49)/t24-,25+,26-,28-,29-,30?,32+/m0/s1. The molecule has 286 valence electrons. The second kappa shape index (κ2) is 17.7. The third-order valence-electron chi connectivity index (χ3n) is 11.2. The van der Waals surface area contributed by atoms with Gasteiger partial charge in [0.15, 0.2) is 0 Å². The number of ether oxygens (including phenoxy) is 1. The topological polar surface area (TPSA) is 189 Å². The fraction of sp³-hybridized carbons (Fsp3) is 0.737. The predicted octanol–water partition coefficient (Wildman–Crippen LogP) is 2.61. The van der Waals surface area contributed by atoms with Gasteiger partial charge in [0, 0.05) is 25.0 Å². The number of rotatable bonds is 13. The third kappa shape index (κ3) is 9.53. The number of nitrogens with zero attached hydrogens (tertiary/aromatic N) is 3. The molecule has 2 saturated heterocycles. The lowest BCUT2D eigenvalue weighted by Gasteiger charge is -2.40. The zero-order chi connectivity index (χ0) is 37.4. The molecule has 1 unspecified atom stereocenters. The summed E-state index contributed by atoms with van der Waals surface area (Å²) in [6.45, 7) is 8.34. The van der Waals surface area contributed by atoms with Gasteiger partial charge in [0.2, 0.25) is 23.5 Å². The molecule has 0 aromatic carbocycles. The van der Waals surface area contributed by atoms with Crippen LogP contribution in [0.2, 0.25) is 0 Å². The van der Waals surface area contributed by atoms with Gasteiger partial charge in [-0.25, -0.2) is 4.98 Å². The van der Waals surface area contributed by atoms with E-state index in [1.807, 2.05) is 27.7 Å². The minimum absolute atomic E-state index is 0.0945. The van der Waals surface area contributed by atoms with E-state index >= 15 is 0 Å². The van der Waals surface area contributed by atoms with Gasteiger partial charge in [-0.15, -0.1) is 0 Å². The van der Waals surface area contributed by atoms with Crippen molar-refractivity contribution < 1.29 is 33.5 Å². The Kier molecular flexibility index (Phi) is 13.4. The fourth-order valence-corrected chi connectivity index (χ4v) is 8.43. The van der Waals surface area contributed by atoms with Gasteiger partial charge < -0.3 is 30.9 Å². The highest BCUT2D eigenvalue weighted by Gasteiger charge is 2.51. The Labute approximate surface area is 306 Å². The molecule has 1 aromatic rings. The second-order valence-electron chi connectivity index (χ2n) is 16.1. The summed E-state index contributed by atoms with van der Waals surface area (Å²) in [5.74, 6) is -3.30. The lowest BCUT2D eigenvalue weighted by atomic mass is 9.81. The summed E-state index contributed by atoms with van der Waals surface area (Å²) in [7, 11) is 0. The number of ketones is 1. The van der Waals surface area contributed by atoms with E-state index in [0.29, 0.717) is 32.5 Å². The first-order valence-electron chi connectivity index (χ1n) is 19.3. The van der Waals surface area contributed by atoms with Gasteiger partial charge in [-0.3, -0.25) is 33.8 Å². The average Bonchev–Trinajstić information content (AvgIpc) is 3.80. The van der Waals surface area contributed by atoms with E-state index in [-0.39, 0.29) is 41.9 Å². The molecule has 4 N–H and O–H groups in total. The van der Waals surface area contributed by atoms with Crippen molar-refractivity contribution in [3.63, 3.8) is 0 Å². The van der Waals surface area contributed by atoms with Crippen LogP contribution in [0, 0.1) is 17.3 Å². The Morgan fingerprint density at radius 1 is 0.923 bits per heavy atom. The van der Waals surface area contributed by atoms with Gasteiger partial charge in [-0.2, -0.15) is 0 Å². The fourth-order valence-electron chi connectivity index (χ4n) is 8.43. The first kappa shape index (κ1) is 39.3. The number of amides is 5. The molecular weight excluding hydrogens is 666 g/mol. The molecule has 4 aliphatic rings. The first-order chi connectivity index (χ1) is 24.9. The summed E-state index contributed by atoms with van der Waals surface area (Å²) in [5.41, 5.74) is -0.659. The van der Waals surface area contributed by atoms with Gasteiger partial charge in [-0.05, 0) is 62.2 Å². The van der Waals surface area contributed by atoms with Gasteiger partial charge >= 0.3 is 0 Å². The highest BCUT2D eigenvalue weighted by Crippen LogP contribution is 2.41. The molecule has 4 fully saturated rings. The molecule has 5 rings (SSSR count). The predicted molar refractivity (Wildman–Crippen MR) is 191 cm³/mol. The summed E-state index contributed by atoms with van der Waals surface area (Å²) in [6.07, 6.45) is 14.1. The van der Waals surface area contributed by atoms with Gasteiger partial charge in [0.05, 0.1) is 24.9 Å². The minimum atomic E-state index is -1.04. The van der Waals surface area contributed by atoms with Gasteiger partial charge in [-0.1, -0.05) is 66.2 Å². The van der Waals surface area contributed by atoms with Crippen molar-refractivity contribution in [3.05, 3.63) is 24.3 Å². The molecule has 3 heterocycles. The highest BCUT2D eigenvalue weighted by atomic mass is 16.5. The lowest BCUT2D eigenvalue weighted by molar-refractivity contribution is -0.147. The number of nitrogens with one attached hydrogen (secondary N) is 4. The Morgan fingerprint density at radius 3 is 2.31 bits per heavy atom. The van der Waals surface area contributed by atoms with E-state index in [9.17, 15) is 28.8 Å². The van der Waals surface area contributed by atoms with Crippen molar-refractivity contribution in [2.45, 2.75) is 147 Å². The summed E-state index contributed by atoms with van der Waals surface area (Å²) >= 11 is 0. The number of aromatic nitrogens is 2. The van der Waals surface area contributed by atoms with E-state index in [0.717, 1.165) is 57.8 Å². The van der Waals surface area contributed by atoms with Gasteiger partial charge in [0.25, 0.3) is 11.8 Å². The smallest absolute Gasteiger partial charge is 0.289 e. The van der Waals surface area contributed by atoms with E-state index < -0.39 is 59.0 Å². The van der Waals surface area contributed by atoms with E-state index in [2.05, 4.69) is 31.2 Å². The quantitative estimate of drug-likeness (QED) is 0.222. The molecule has 0 bridgehead atoms. The Bertz CT molecular complexity index is 1440. The van der Waals surface area contributed by atoms with Crippen LogP contribution in [0.15, 0.2) is 18.6 Å². The highest BCUT2D eigenvalue weighted by molar-refractivity contribution is 6.38. The molecule has 2 aliphatic heterocycles. The van der Waals surface area contributed by atoms with E-state index in [1.165, 1.54) is 18.6 Å². The van der Waals surface area contributed by atoms with Crippen LogP contribution < -0.4 is 21.3 Å². The van der Waals surface area contributed by atoms with Crippen LogP contribution in [0.1, 0.15) is 122 Å². The van der Waals surface area contributed by atoms with Crippen molar-refractivity contribution in [3.8, 4) is 0 Å². The molecular formula is C38H57N7O7. The van der Waals surface area contributed by atoms with E-state index in [1.54, 1.807) is 4.90 Å². The lowest BCUT2D eigenvalue weighted by Crippen LogP contribution is -2.63. The minimum Gasteiger partial charge on any atom is -0.379 e. The van der Waals surface area contributed by atoms with Gasteiger partial charge in [0.1, 0.15) is 23.8 Å². The molecule has 52 heavy (non-hydrogen) atoms. The van der Waals surface area contributed by atoms with Crippen LogP contribution in [0.5, 0.6) is 0 Å². The Balaban J connectivity index is 1.37. The number of fused-ring (bicyclic) bond motifs is 1. The molecule has 7 atom stereocenters. The SMILES string of the molecule is CCC[C@H](NC(=O)[C@@H]1C[C@@H]2CCCC[C@@H]2N1C(=O)[C@@H](NC(=O)C(NC(=O)c1cnccn1)C1CCCCC1)C(C)(C)C)C(=O)C(=O)N[C@@H]1CCOC1. The summed E-state index contributed by atoms with van der Waals surface area (Å²) in [6, 6.07) is -4.26. The Morgan fingerprint density at radius 2 is 1.65 bits per heavy atom. The average molecular weight is 724 g/mol. The number of carbonyl (C=O) groups excluding carboxylic acids is 6. The third-order valence-corrected chi connectivity index (χ3v) is 11.2. The number of likely N-dealkylation sites (tertiary alicyclic amines) is 1. The van der Waals surface area contributed by atoms with Crippen LogP contribution >= 0.6 is 0 Å². The van der Waals surface area contributed by atoms with Crippen LogP contribution in [0.3, 0.4) is 0 Å². The van der Waals surface area contributed by atoms with Crippen LogP contribution in [0.25, 0.3) is 0 Å². The molecule has 14 heteroatoms. The van der Waals surface area contributed by atoms with Crippen molar-refractivity contribution in [1.82, 2.24) is 36.1 Å². The number of Topliss-reactive ketones (excluding diaryl/α,β-unsaturated/α-hetero) is 1. The summed E-state index contributed by atoms with van der Waals surface area (Å²) in [5, 5.41) is 11.5. The summed E-state index contributed by atoms with van der Waals surface area (Å²) < 4.78 is 5.32. The van der Waals surface area contributed by atoms with Crippen molar-refractivity contribution in [2.24, 2.45) is 17.3 Å². The molecule has 14 nitrogen and oxygen atoms in total. The molecule has 2 saturated carbocycles. The number of carbonyl (C=O) groups is 6. The maximum Gasteiger partial charge on any atom is 0.289 e. The monoisotopic (exact) mass is 723 g/mol. The largest absolute Gasteiger partial charge is 0.379 e. The van der Waals surface area contributed by atoms with E-state index in [4.69, 9.17) is 4.74 Å². The molecule has 0 radical (unpaired) electrons. The normalized spacial score (nSPS) is 25.3. The molecule has 5 amide bonds. The van der Waals surface area contributed by atoms with Crippen molar-refractivity contribution >= 4 is 35.3 Å². The van der Waals surface area contributed by atoms with Crippen molar-refractivity contribution in [2.75, 3.05) is 13.2 Å². The summed E-state index contributed by atoms with van der Waals surface area (Å²) in [4.78, 5) is 92.5. The zero-order valence-corrected chi connectivity index (χ0v) is 31.2. The molecule has 0 spiro atoms. The number of hydrogen-bond donors (Lipinski definition) is 4. The maximum absolute atomic E-state index is 14.9. The van der Waals surface area contributed by atoms with Crippen LogP contribution in [-0.2, 0) is 28.7 Å². The maximum atomic E-state index is 14.9. The van der Waals surface area contributed by atoms with Crippen LogP contribution in [0.4, 0.5) is 0 Å². The molecule has 2 aliphatic carbocycles. The second-order valence-corrected chi connectivity index (χ2v) is 16.1. The zero-order valence-electron chi connectivity index (χ0n) is 31.2. The van der Waals surface area contributed by atoms with Crippen molar-refractivity contribution in [1.29, 1.82) is 0 Å². The van der Waals surface area contributed by atoms with Crippen LogP contribution in [-0.4, -0.2) is 99.7 Å². The Hall–Kier alpha value is -3.94.